The highest BCUT2D eigenvalue weighted by Crippen LogP contribution is 2.19. The average molecular weight is 255 g/mol. The molecular formula is C17H21NO. The molecule has 100 valence electrons. The van der Waals surface area contributed by atoms with Crippen LogP contribution in [0.3, 0.4) is 0 Å². The van der Waals surface area contributed by atoms with Crippen LogP contribution in [-0.4, -0.2) is 5.91 Å². The van der Waals surface area contributed by atoms with E-state index >= 15 is 0 Å². The summed E-state index contributed by atoms with van der Waals surface area (Å²) in [6.07, 6.45) is 10.0. The van der Waals surface area contributed by atoms with Crippen LogP contribution >= 0.6 is 0 Å². The van der Waals surface area contributed by atoms with E-state index in [1.165, 1.54) is 5.56 Å². The fourth-order valence-electron chi connectivity index (χ4n) is 2.32. The molecule has 0 aromatic heterocycles. The van der Waals surface area contributed by atoms with Crippen molar-refractivity contribution >= 4 is 5.91 Å². The van der Waals surface area contributed by atoms with Gasteiger partial charge in [-0.2, -0.15) is 0 Å². The van der Waals surface area contributed by atoms with Crippen molar-refractivity contribution in [3.63, 3.8) is 0 Å². The van der Waals surface area contributed by atoms with Gasteiger partial charge in [-0.25, -0.2) is 0 Å². The Hall–Kier alpha value is -1.83. The molecule has 1 aromatic carbocycles. The highest BCUT2D eigenvalue weighted by Gasteiger charge is 2.15. The number of benzene rings is 1. The molecule has 0 radical (unpaired) electrons. The van der Waals surface area contributed by atoms with E-state index in [0.717, 1.165) is 31.3 Å². The number of hydrogen-bond acceptors (Lipinski definition) is 1. The van der Waals surface area contributed by atoms with Crippen LogP contribution in [0.4, 0.5) is 0 Å². The van der Waals surface area contributed by atoms with Crippen molar-refractivity contribution < 1.29 is 4.79 Å². The summed E-state index contributed by atoms with van der Waals surface area (Å²) in [5.74, 6) is 0.0400. The standard InChI is InChI=1S/C17H21NO/c1-2-9-16(14-10-5-3-6-11-14)18-17(19)15-12-7-4-8-13-15/h3,5-7,10-13,16H,2,4,8-9H2,1H3,(H,18,19). The summed E-state index contributed by atoms with van der Waals surface area (Å²) in [6.45, 7) is 2.14. The molecule has 1 amide bonds. The van der Waals surface area contributed by atoms with E-state index in [1.54, 1.807) is 0 Å². The number of amides is 1. The smallest absolute Gasteiger partial charge is 0.251 e. The summed E-state index contributed by atoms with van der Waals surface area (Å²) in [5.41, 5.74) is 1.97. The van der Waals surface area contributed by atoms with Gasteiger partial charge in [-0.05, 0) is 24.8 Å². The lowest BCUT2D eigenvalue weighted by molar-refractivity contribution is -0.118. The van der Waals surface area contributed by atoms with Gasteiger partial charge in [0.1, 0.15) is 0 Å². The SMILES string of the molecule is CCCC(NC(=O)C1=CCCC=C1)c1ccccc1. The Morgan fingerprint density at radius 3 is 2.68 bits per heavy atom. The quantitative estimate of drug-likeness (QED) is 0.849. The Balaban J connectivity index is 2.06. The molecule has 0 spiro atoms. The molecule has 1 aliphatic carbocycles. The summed E-state index contributed by atoms with van der Waals surface area (Å²) >= 11 is 0. The first-order valence-corrected chi connectivity index (χ1v) is 7.03. The largest absolute Gasteiger partial charge is 0.345 e. The minimum atomic E-state index is 0.0400. The van der Waals surface area contributed by atoms with Gasteiger partial charge in [0.25, 0.3) is 5.91 Å². The van der Waals surface area contributed by atoms with Gasteiger partial charge >= 0.3 is 0 Å². The van der Waals surface area contributed by atoms with Gasteiger partial charge in [0.05, 0.1) is 6.04 Å². The Bertz CT molecular complexity index is 473. The maximum absolute atomic E-state index is 12.2. The van der Waals surface area contributed by atoms with Gasteiger partial charge in [0.2, 0.25) is 0 Å². The molecule has 0 saturated heterocycles. The lowest BCUT2D eigenvalue weighted by Gasteiger charge is -2.19. The van der Waals surface area contributed by atoms with Crippen LogP contribution in [0, 0.1) is 0 Å². The summed E-state index contributed by atoms with van der Waals surface area (Å²) in [5, 5.41) is 3.15. The lowest BCUT2D eigenvalue weighted by Crippen LogP contribution is -2.29. The highest BCUT2D eigenvalue weighted by molar-refractivity contribution is 5.96. The molecule has 0 bridgehead atoms. The number of carbonyl (C=O) groups is 1. The van der Waals surface area contributed by atoms with Crippen LogP contribution in [-0.2, 0) is 4.79 Å². The van der Waals surface area contributed by atoms with E-state index in [1.807, 2.05) is 30.4 Å². The molecule has 0 fully saturated rings. The number of allylic oxidation sites excluding steroid dienone is 2. The summed E-state index contributed by atoms with van der Waals surface area (Å²) in [4.78, 5) is 12.2. The van der Waals surface area contributed by atoms with Crippen molar-refractivity contribution in [3.8, 4) is 0 Å². The minimum absolute atomic E-state index is 0.0400. The number of rotatable bonds is 5. The van der Waals surface area contributed by atoms with Gasteiger partial charge in [-0.15, -0.1) is 0 Å². The number of nitrogens with one attached hydrogen (secondary N) is 1. The van der Waals surface area contributed by atoms with Crippen molar-refractivity contribution in [2.75, 3.05) is 0 Å². The summed E-state index contributed by atoms with van der Waals surface area (Å²) in [6, 6.07) is 10.3. The molecule has 1 N–H and O–H groups in total. The number of hydrogen-bond donors (Lipinski definition) is 1. The lowest BCUT2D eigenvalue weighted by atomic mass is 10.0. The van der Waals surface area contributed by atoms with Crippen LogP contribution in [0.25, 0.3) is 0 Å². The van der Waals surface area contributed by atoms with Crippen molar-refractivity contribution in [2.24, 2.45) is 0 Å². The molecule has 1 atom stereocenters. The van der Waals surface area contributed by atoms with E-state index < -0.39 is 0 Å². The fraction of sp³-hybridized carbons (Fsp3) is 0.353. The van der Waals surface area contributed by atoms with E-state index in [-0.39, 0.29) is 11.9 Å². The van der Waals surface area contributed by atoms with Gasteiger partial charge in [0, 0.05) is 5.57 Å². The van der Waals surface area contributed by atoms with Crippen LogP contribution in [0.15, 0.2) is 54.1 Å². The normalized spacial score (nSPS) is 15.7. The van der Waals surface area contributed by atoms with Crippen LogP contribution in [0.1, 0.15) is 44.2 Å². The molecule has 0 saturated carbocycles. The summed E-state index contributed by atoms with van der Waals surface area (Å²) < 4.78 is 0. The van der Waals surface area contributed by atoms with E-state index in [2.05, 4.69) is 30.4 Å². The Labute approximate surface area is 115 Å². The molecule has 1 aromatic rings. The molecule has 2 nitrogen and oxygen atoms in total. The first-order chi connectivity index (χ1) is 9.31. The first kappa shape index (κ1) is 13.6. The average Bonchev–Trinajstić information content (AvgIpc) is 2.48. The Kier molecular flexibility index (Phi) is 4.96. The third kappa shape index (κ3) is 3.82. The third-order valence-electron chi connectivity index (χ3n) is 3.34. The van der Waals surface area contributed by atoms with Crippen molar-refractivity contribution in [1.29, 1.82) is 0 Å². The van der Waals surface area contributed by atoms with Crippen molar-refractivity contribution in [3.05, 3.63) is 59.7 Å². The second-order valence-electron chi connectivity index (χ2n) is 4.86. The maximum Gasteiger partial charge on any atom is 0.251 e. The van der Waals surface area contributed by atoms with Crippen LogP contribution in [0.2, 0.25) is 0 Å². The molecule has 1 unspecified atom stereocenters. The monoisotopic (exact) mass is 255 g/mol. The van der Waals surface area contributed by atoms with E-state index in [9.17, 15) is 4.79 Å². The van der Waals surface area contributed by atoms with E-state index in [0.29, 0.717) is 0 Å². The zero-order valence-corrected chi connectivity index (χ0v) is 11.4. The molecule has 2 heteroatoms. The number of carbonyl (C=O) groups excluding carboxylic acids is 1. The zero-order valence-electron chi connectivity index (χ0n) is 11.4. The molecule has 1 aliphatic rings. The highest BCUT2D eigenvalue weighted by atomic mass is 16.1. The Morgan fingerprint density at radius 1 is 1.26 bits per heavy atom. The Morgan fingerprint density at radius 2 is 2.05 bits per heavy atom. The topological polar surface area (TPSA) is 29.1 Å². The third-order valence-corrected chi connectivity index (χ3v) is 3.34. The molecular weight excluding hydrogens is 234 g/mol. The minimum Gasteiger partial charge on any atom is -0.345 e. The molecule has 0 heterocycles. The van der Waals surface area contributed by atoms with E-state index in [4.69, 9.17) is 0 Å². The van der Waals surface area contributed by atoms with Gasteiger partial charge in [-0.3, -0.25) is 4.79 Å². The molecule has 0 aliphatic heterocycles. The van der Waals surface area contributed by atoms with Crippen molar-refractivity contribution in [1.82, 2.24) is 5.32 Å². The maximum atomic E-state index is 12.2. The fourth-order valence-corrected chi connectivity index (χ4v) is 2.32. The van der Waals surface area contributed by atoms with Gasteiger partial charge < -0.3 is 5.32 Å². The predicted molar refractivity (Wildman–Crippen MR) is 78.7 cm³/mol. The second-order valence-corrected chi connectivity index (χ2v) is 4.86. The van der Waals surface area contributed by atoms with Crippen molar-refractivity contribution in [2.45, 2.75) is 38.6 Å². The zero-order chi connectivity index (χ0) is 13.5. The van der Waals surface area contributed by atoms with Crippen LogP contribution < -0.4 is 5.32 Å². The summed E-state index contributed by atoms with van der Waals surface area (Å²) in [7, 11) is 0. The molecule has 2 rings (SSSR count). The molecule has 19 heavy (non-hydrogen) atoms. The first-order valence-electron chi connectivity index (χ1n) is 7.03. The van der Waals surface area contributed by atoms with Crippen LogP contribution in [0.5, 0.6) is 0 Å². The predicted octanol–water partition coefficient (Wildman–Crippen LogP) is 3.92. The van der Waals surface area contributed by atoms with Gasteiger partial charge in [0.15, 0.2) is 0 Å². The second kappa shape index (κ2) is 6.93. The van der Waals surface area contributed by atoms with Gasteiger partial charge in [-0.1, -0.05) is 61.9 Å².